The van der Waals surface area contributed by atoms with Gasteiger partial charge in [0.15, 0.2) is 0 Å². The maximum absolute atomic E-state index is 12.2. The number of hydrogen-bond donors (Lipinski definition) is 0. The molecule has 1 aromatic heterocycles. The van der Waals surface area contributed by atoms with Crippen LogP contribution in [0.1, 0.15) is 22.5 Å². The van der Waals surface area contributed by atoms with E-state index in [1.165, 1.54) is 0 Å². The number of aryl methyl sites for hydroxylation is 1. The first kappa shape index (κ1) is 13.4. The van der Waals surface area contributed by atoms with Gasteiger partial charge in [0.05, 0.1) is 17.3 Å². The average Bonchev–Trinajstić information content (AvgIpc) is 2.41. The summed E-state index contributed by atoms with van der Waals surface area (Å²) in [4.78, 5) is 18.0. The second-order valence-electron chi connectivity index (χ2n) is 4.31. The highest BCUT2D eigenvalue weighted by Gasteiger charge is 2.28. The fourth-order valence-electron chi connectivity index (χ4n) is 1.86. The summed E-state index contributed by atoms with van der Waals surface area (Å²) < 4.78 is 5.76. The van der Waals surface area contributed by atoms with Crippen molar-refractivity contribution >= 4 is 29.1 Å². The van der Waals surface area contributed by atoms with Crippen molar-refractivity contribution in [3.63, 3.8) is 0 Å². The van der Waals surface area contributed by atoms with Gasteiger partial charge in [0, 0.05) is 12.9 Å². The Bertz CT molecular complexity index is 479. The summed E-state index contributed by atoms with van der Waals surface area (Å²) in [6.45, 7) is 2.28. The van der Waals surface area contributed by atoms with Gasteiger partial charge in [0.1, 0.15) is 11.7 Å². The first-order chi connectivity index (χ1) is 8.52. The number of hydrogen-bond acceptors (Lipinski definition) is 3. The van der Waals surface area contributed by atoms with E-state index in [0.717, 1.165) is 0 Å². The quantitative estimate of drug-likeness (QED) is 0.786. The predicted molar refractivity (Wildman–Crippen MR) is 70.7 cm³/mol. The number of halogens is 2. The number of amides is 1. The summed E-state index contributed by atoms with van der Waals surface area (Å²) >= 11 is 11.7. The van der Waals surface area contributed by atoms with Crippen LogP contribution < -0.4 is 4.74 Å². The number of pyridine rings is 1. The molecule has 18 heavy (non-hydrogen) atoms. The zero-order valence-corrected chi connectivity index (χ0v) is 11.8. The van der Waals surface area contributed by atoms with Crippen LogP contribution in [0, 0.1) is 6.92 Å². The lowest BCUT2D eigenvalue weighted by Gasteiger charge is -2.19. The van der Waals surface area contributed by atoms with Gasteiger partial charge >= 0.3 is 0 Å². The standard InChI is InChI=1S/C12H14Cl2N2O2/c1-7-10(14)5-9-11(15-7)18-8(3-4-13)6-16(2)12(9)17/h5,8H,3-4,6H2,1-2H3. The molecule has 0 saturated carbocycles. The Kier molecular flexibility index (Phi) is 3.97. The molecule has 0 fully saturated rings. The van der Waals surface area contributed by atoms with Crippen molar-refractivity contribution in [1.82, 2.24) is 9.88 Å². The van der Waals surface area contributed by atoms with Crippen LogP contribution in [0.5, 0.6) is 5.88 Å². The number of nitrogens with zero attached hydrogens (tertiary/aromatic N) is 2. The second-order valence-corrected chi connectivity index (χ2v) is 5.10. The Hall–Kier alpha value is -1.00. The van der Waals surface area contributed by atoms with Crippen LogP contribution in [0.2, 0.25) is 5.02 Å². The van der Waals surface area contributed by atoms with Crippen LogP contribution in [0.4, 0.5) is 0 Å². The van der Waals surface area contributed by atoms with Crippen LogP contribution >= 0.6 is 23.2 Å². The molecular formula is C12H14Cl2N2O2. The molecule has 1 amide bonds. The molecule has 1 unspecified atom stereocenters. The Morgan fingerprint density at radius 3 is 3.00 bits per heavy atom. The molecule has 4 nitrogen and oxygen atoms in total. The van der Waals surface area contributed by atoms with E-state index >= 15 is 0 Å². The maximum Gasteiger partial charge on any atom is 0.259 e. The smallest absolute Gasteiger partial charge is 0.259 e. The predicted octanol–water partition coefficient (Wildman–Crippen LogP) is 2.51. The third-order valence-electron chi connectivity index (χ3n) is 2.88. The topological polar surface area (TPSA) is 42.4 Å². The first-order valence-corrected chi connectivity index (χ1v) is 6.59. The molecule has 0 saturated heterocycles. The molecule has 0 radical (unpaired) electrons. The monoisotopic (exact) mass is 288 g/mol. The highest BCUT2D eigenvalue weighted by Crippen LogP contribution is 2.27. The molecule has 1 aliphatic rings. The van der Waals surface area contributed by atoms with E-state index in [9.17, 15) is 4.79 Å². The minimum absolute atomic E-state index is 0.128. The summed E-state index contributed by atoms with van der Waals surface area (Å²) in [5.74, 6) is 0.701. The molecule has 2 rings (SSSR count). The normalized spacial score (nSPS) is 19.2. The van der Waals surface area contributed by atoms with Gasteiger partial charge in [0.25, 0.3) is 5.91 Å². The Labute approximate surface area is 116 Å². The van der Waals surface area contributed by atoms with Crippen LogP contribution in [-0.4, -0.2) is 41.4 Å². The van der Waals surface area contributed by atoms with Gasteiger partial charge in [-0.25, -0.2) is 4.98 Å². The Morgan fingerprint density at radius 1 is 1.61 bits per heavy atom. The minimum Gasteiger partial charge on any atom is -0.472 e. The first-order valence-electron chi connectivity index (χ1n) is 5.68. The van der Waals surface area contributed by atoms with Crippen LogP contribution in [0.3, 0.4) is 0 Å². The van der Waals surface area contributed by atoms with Crippen molar-refractivity contribution < 1.29 is 9.53 Å². The van der Waals surface area contributed by atoms with Crippen molar-refractivity contribution in [1.29, 1.82) is 0 Å². The van der Waals surface area contributed by atoms with Crippen molar-refractivity contribution in [3.05, 3.63) is 22.3 Å². The van der Waals surface area contributed by atoms with Crippen LogP contribution in [0.15, 0.2) is 6.07 Å². The van der Waals surface area contributed by atoms with E-state index in [4.69, 9.17) is 27.9 Å². The Balaban J connectivity index is 2.43. The summed E-state index contributed by atoms with van der Waals surface area (Å²) in [5, 5.41) is 0.467. The van der Waals surface area contributed by atoms with Crippen LogP contribution in [-0.2, 0) is 0 Å². The van der Waals surface area contributed by atoms with E-state index in [2.05, 4.69) is 4.98 Å². The summed E-state index contributed by atoms with van der Waals surface area (Å²) in [6, 6.07) is 1.61. The van der Waals surface area contributed by atoms with Gasteiger partial charge in [0.2, 0.25) is 5.88 Å². The van der Waals surface area contributed by atoms with Gasteiger partial charge < -0.3 is 9.64 Å². The lowest BCUT2D eigenvalue weighted by atomic mass is 10.2. The Morgan fingerprint density at radius 2 is 2.33 bits per heavy atom. The molecule has 1 atom stereocenters. The molecule has 0 aliphatic carbocycles. The highest BCUT2D eigenvalue weighted by molar-refractivity contribution is 6.31. The molecule has 0 bridgehead atoms. The zero-order chi connectivity index (χ0) is 13.3. The molecule has 1 aromatic rings. The number of rotatable bonds is 2. The molecule has 6 heteroatoms. The largest absolute Gasteiger partial charge is 0.472 e. The van der Waals surface area contributed by atoms with Gasteiger partial charge in [-0.1, -0.05) is 11.6 Å². The zero-order valence-electron chi connectivity index (χ0n) is 10.2. The molecule has 0 N–H and O–H groups in total. The van der Waals surface area contributed by atoms with Gasteiger partial charge in [-0.05, 0) is 19.4 Å². The number of aromatic nitrogens is 1. The SMILES string of the molecule is Cc1nc2c(cc1Cl)C(=O)N(C)CC(CCCl)O2. The number of alkyl halides is 1. The average molecular weight is 289 g/mol. The fraction of sp³-hybridized carbons (Fsp3) is 0.500. The summed E-state index contributed by atoms with van der Waals surface area (Å²) in [7, 11) is 1.73. The van der Waals surface area contributed by atoms with E-state index < -0.39 is 0 Å². The third-order valence-corrected chi connectivity index (χ3v) is 3.48. The molecule has 0 spiro atoms. The minimum atomic E-state index is -0.134. The summed E-state index contributed by atoms with van der Waals surface area (Å²) in [5.41, 5.74) is 1.06. The number of carbonyl (C=O) groups is 1. The summed E-state index contributed by atoms with van der Waals surface area (Å²) in [6.07, 6.45) is 0.535. The van der Waals surface area contributed by atoms with Crippen molar-refractivity contribution in [2.24, 2.45) is 0 Å². The molecule has 2 heterocycles. The number of ether oxygens (including phenoxy) is 1. The number of likely N-dealkylation sites (N-methyl/N-ethyl adjacent to an activating group) is 1. The van der Waals surface area contributed by atoms with Crippen molar-refractivity contribution in [3.8, 4) is 5.88 Å². The van der Waals surface area contributed by atoms with E-state index in [1.807, 2.05) is 0 Å². The number of carbonyl (C=O) groups excluding carboxylic acids is 1. The maximum atomic E-state index is 12.2. The highest BCUT2D eigenvalue weighted by atomic mass is 35.5. The van der Waals surface area contributed by atoms with E-state index in [0.29, 0.717) is 41.0 Å². The number of fused-ring (bicyclic) bond motifs is 1. The van der Waals surface area contributed by atoms with Crippen LogP contribution in [0.25, 0.3) is 0 Å². The van der Waals surface area contributed by atoms with E-state index in [-0.39, 0.29) is 12.0 Å². The molecule has 0 aromatic carbocycles. The third kappa shape index (κ3) is 2.54. The van der Waals surface area contributed by atoms with Crippen molar-refractivity contribution in [2.75, 3.05) is 19.5 Å². The van der Waals surface area contributed by atoms with Gasteiger partial charge in [-0.2, -0.15) is 0 Å². The molecule has 98 valence electrons. The molecule has 1 aliphatic heterocycles. The van der Waals surface area contributed by atoms with E-state index in [1.54, 1.807) is 24.9 Å². The van der Waals surface area contributed by atoms with Gasteiger partial charge in [-0.3, -0.25) is 4.79 Å². The van der Waals surface area contributed by atoms with Gasteiger partial charge in [-0.15, -0.1) is 11.6 Å². The molecular weight excluding hydrogens is 275 g/mol. The van der Waals surface area contributed by atoms with Crippen molar-refractivity contribution in [2.45, 2.75) is 19.4 Å². The second kappa shape index (κ2) is 5.33. The lowest BCUT2D eigenvalue weighted by Crippen LogP contribution is -2.34. The lowest BCUT2D eigenvalue weighted by molar-refractivity contribution is 0.0758. The fourth-order valence-corrected chi connectivity index (χ4v) is 2.26.